The molecule has 33 heavy (non-hydrogen) atoms. The summed E-state index contributed by atoms with van der Waals surface area (Å²) in [5.74, 6) is -2.16. The lowest BCUT2D eigenvalue weighted by Gasteiger charge is -2.26. The maximum atomic E-state index is 13.9. The number of carboxylic acids is 1. The van der Waals surface area contributed by atoms with Crippen LogP contribution in [0.2, 0.25) is 0 Å². The molecule has 1 aliphatic rings. The Kier molecular flexibility index (Phi) is 6.11. The molecule has 0 radical (unpaired) electrons. The molecule has 1 aromatic heterocycles. The minimum absolute atomic E-state index is 0.199. The van der Waals surface area contributed by atoms with Gasteiger partial charge in [0.15, 0.2) is 0 Å². The Morgan fingerprint density at radius 1 is 1.15 bits per heavy atom. The number of carbonyl (C=O) groups is 1. The summed E-state index contributed by atoms with van der Waals surface area (Å²) >= 11 is 0. The van der Waals surface area contributed by atoms with E-state index in [9.17, 15) is 22.7 Å². The predicted molar refractivity (Wildman–Crippen MR) is 120 cm³/mol. The van der Waals surface area contributed by atoms with E-state index in [0.717, 1.165) is 25.0 Å². The number of aromatic carboxylic acids is 1. The van der Waals surface area contributed by atoms with Crippen LogP contribution in [0.3, 0.4) is 0 Å². The molecule has 1 heterocycles. The van der Waals surface area contributed by atoms with Crippen LogP contribution in [-0.4, -0.2) is 34.4 Å². The number of halogens is 1. The smallest absolute Gasteiger partial charge is 0.338 e. The Balaban J connectivity index is 1.52. The van der Waals surface area contributed by atoms with E-state index in [-0.39, 0.29) is 4.90 Å². The molecule has 0 amide bonds. The van der Waals surface area contributed by atoms with Crippen molar-refractivity contribution in [2.24, 2.45) is 5.92 Å². The number of nitrogens with one attached hydrogen (secondary N) is 1. The topological polar surface area (TPSA) is 122 Å². The number of phenolic OH excluding ortho intramolecular Hbond substituents is 1. The zero-order chi connectivity index (χ0) is 23.8. The second-order valence-electron chi connectivity index (χ2n) is 8.43. The first-order valence-electron chi connectivity index (χ1n) is 10.6. The van der Waals surface area contributed by atoms with Gasteiger partial charge in [-0.15, -0.1) is 0 Å². The van der Waals surface area contributed by atoms with E-state index in [4.69, 9.17) is 5.11 Å². The summed E-state index contributed by atoms with van der Waals surface area (Å²) in [7, 11) is -4.21. The normalized spacial score (nSPS) is 18.7. The summed E-state index contributed by atoms with van der Waals surface area (Å²) in [6.07, 6.45) is 7.21. The monoisotopic (exact) mass is 473 g/mol. The van der Waals surface area contributed by atoms with Crippen molar-refractivity contribution < 1.29 is 27.8 Å². The van der Waals surface area contributed by atoms with Crippen LogP contribution in [-0.2, 0) is 10.0 Å². The number of carboxylic acid groups (broad SMARTS) is 1. The molecule has 0 bridgehead atoms. The second-order valence-corrected chi connectivity index (χ2v) is 10.1. The standard InChI is InChI=1S/C23H24FN3O5S/c1-14-2-4-15(5-3-14)16-6-8-17(9-7-16)27-13-18(12-25-27)33(31,32)26-21-11-20(24)19(23(29)30)10-22(21)28/h6-15,26,28H,2-5H2,1H3,(H,29,30). The first-order chi connectivity index (χ1) is 15.6. The number of hydrogen-bond donors (Lipinski definition) is 3. The number of rotatable bonds is 6. The molecule has 174 valence electrons. The van der Waals surface area contributed by atoms with E-state index in [0.29, 0.717) is 23.7 Å². The third-order valence-electron chi connectivity index (χ3n) is 6.07. The number of sulfonamides is 1. The highest BCUT2D eigenvalue weighted by Crippen LogP contribution is 2.35. The van der Waals surface area contributed by atoms with Crippen LogP contribution in [0.15, 0.2) is 53.7 Å². The highest BCUT2D eigenvalue weighted by atomic mass is 32.2. The Bertz CT molecular complexity index is 1280. The molecule has 3 aromatic rings. The summed E-state index contributed by atoms with van der Waals surface area (Å²) < 4.78 is 42.8. The summed E-state index contributed by atoms with van der Waals surface area (Å²) in [5, 5.41) is 22.9. The molecular formula is C23H24FN3O5S. The quantitative estimate of drug-likeness (QED) is 0.453. The Labute approximate surface area is 190 Å². The second kappa shape index (κ2) is 8.86. The number of anilines is 1. The van der Waals surface area contributed by atoms with Crippen molar-refractivity contribution in [3.63, 3.8) is 0 Å². The van der Waals surface area contributed by atoms with Gasteiger partial charge in [-0.2, -0.15) is 5.10 Å². The van der Waals surface area contributed by atoms with Gasteiger partial charge in [-0.25, -0.2) is 22.3 Å². The lowest BCUT2D eigenvalue weighted by atomic mass is 9.79. The minimum Gasteiger partial charge on any atom is -0.506 e. The molecular weight excluding hydrogens is 449 g/mol. The van der Waals surface area contributed by atoms with E-state index < -0.39 is 38.8 Å². The Morgan fingerprint density at radius 2 is 1.82 bits per heavy atom. The maximum Gasteiger partial charge on any atom is 0.338 e. The SMILES string of the molecule is CC1CCC(c2ccc(-n3cc(S(=O)(=O)Nc4cc(F)c(C(=O)O)cc4O)cn3)cc2)CC1. The van der Waals surface area contributed by atoms with Crippen molar-refractivity contribution >= 4 is 21.7 Å². The van der Waals surface area contributed by atoms with Crippen LogP contribution >= 0.6 is 0 Å². The fraction of sp³-hybridized carbons (Fsp3) is 0.304. The maximum absolute atomic E-state index is 13.9. The van der Waals surface area contributed by atoms with Crippen molar-refractivity contribution in [2.75, 3.05) is 4.72 Å². The highest BCUT2D eigenvalue weighted by Gasteiger charge is 2.22. The summed E-state index contributed by atoms with van der Waals surface area (Å²) in [4.78, 5) is 10.8. The van der Waals surface area contributed by atoms with Crippen molar-refractivity contribution in [3.05, 3.63) is 65.7 Å². The molecule has 2 aromatic carbocycles. The lowest BCUT2D eigenvalue weighted by Crippen LogP contribution is -2.13. The van der Waals surface area contributed by atoms with Crippen molar-refractivity contribution in [3.8, 4) is 11.4 Å². The first kappa shape index (κ1) is 22.8. The van der Waals surface area contributed by atoms with Crippen LogP contribution < -0.4 is 4.72 Å². The van der Waals surface area contributed by atoms with Crippen LogP contribution in [0.1, 0.15) is 54.4 Å². The van der Waals surface area contributed by atoms with Crippen LogP contribution in [0.25, 0.3) is 5.69 Å². The molecule has 4 rings (SSSR count). The zero-order valence-corrected chi connectivity index (χ0v) is 18.7. The predicted octanol–water partition coefficient (Wildman–Crippen LogP) is 4.51. The largest absolute Gasteiger partial charge is 0.506 e. The van der Waals surface area contributed by atoms with Crippen LogP contribution in [0.5, 0.6) is 5.75 Å². The van der Waals surface area contributed by atoms with Gasteiger partial charge in [0.2, 0.25) is 0 Å². The molecule has 0 spiro atoms. The van der Waals surface area contributed by atoms with Gasteiger partial charge >= 0.3 is 5.97 Å². The lowest BCUT2D eigenvalue weighted by molar-refractivity contribution is 0.0691. The van der Waals surface area contributed by atoms with Crippen molar-refractivity contribution in [1.82, 2.24) is 9.78 Å². The molecule has 0 atom stereocenters. The van der Waals surface area contributed by atoms with Crippen molar-refractivity contribution in [1.29, 1.82) is 0 Å². The third kappa shape index (κ3) is 4.85. The number of phenols is 1. The van der Waals surface area contributed by atoms with Gasteiger partial charge in [-0.3, -0.25) is 4.72 Å². The average molecular weight is 474 g/mol. The molecule has 10 heteroatoms. The number of nitrogens with zero attached hydrogens (tertiary/aromatic N) is 2. The van der Waals surface area contributed by atoms with Gasteiger partial charge in [0.1, 0.15) is 16.5 Å². The number of benzene rings is 2. The molecule has 8 nitrogen and oxygen atoms in total. The highest BCUT2D eigenvalue weighted by molar-refractivity contribution is 7.92. The van der Waals surface area contributed by atoms with E-state index >= 15 is 0 Å². The summed E-state index contributed by atoms with van der Waals surface area (Å²) in [6, 6.07) is 9.11. The van der Waals surface area contributed by atoms with E-state index in [1.165, 1.54) is 29.3 Å². The number of hydrogen-bond acceptors (Lipinski definition) is 5. The van der Waals surface area contributed by atoms with Gasteiger partial charge in [0, 0.05) is 6.07 Å². The molecule has 1 aliphatic carbocycles. The Morgan fingerprint density at radius 3 is 2.45 bits per heavy atom. The van der Waals surface area contributed by atoms with Gasteiger partial charge in [-0.05, 0) is 48.4 Å². The summed E-state index contributed by atoms with van der Waals surface area (Å²) in [5.41, 5.74) is 0.699. The first-order valence-corrected chi connectivity index (χ1v) is 12.1. The number of aromatic nitrogens is 2. The average Bonchev–Trinajstić information content (AvgIpc) is 3.28. The van der Waals surface area contributed by atoms with Gasteiger partial charge in [0.05, 0.1) is 29.3 Å². The van der Waals surface area contributed by atoms with Gasteiger partial charge in [-0.1, -0.05) is 31.9 Å². The fourth-order valence-electron chi connectivity index (χ4n) is 4.09. The van der Waals surface area contributed by atoms with Crippen LogP contribution in [0.4, 0.5) is 10.1 Å². The van der Waals surface area contributed by atoms with Crippen LogP contribution in [0, 0.1) is 11.7 Å². The molecule has 1 fully saturated rings. The van der Waals surface area contributed by atoms with E-state index in [1.807, 2.05) is 24.3 Å². The molecule has 0 saturated heterocycles. The molecule has 3 N–H and O–H groups in total. The zero-order valence-electron chi connectivity index (χ0n) is 17.9. The third-order valence-corrected chi connectivity index (χ3v) is 7.39. The molecule has 1 saturated carbocycles. The van der Waals surface area contributed by atoms with E-state index in [2.05, 4.69) is 16.7 Å². The molecule has 0 unspecified atom stereocenters. The van der Waals surface area contributed by atoms with Gasteiger partial charge < -0.3 is 10.2 Å². The Hall–Kier alpha value is -3.40. The summed E-state index contributed by atoms with van der Waals surface area (Å²) in [6.45, 7) is 2.28. The van der Waals surface area contributed by atoms with Crippen molar-refractivity contribution in [2.45, 2.75) is 43.4 Å². The minimum atomic E-state index is -4.21. The number of aromatic hydroxyl groups is 1. The molecule has 0 aliphatic heterocycles. The fourth-order valence-corrected chi connectivity index (χ4v) is 5.09. The van der Waals surface area contributed by atoms with E-state index in [1.54, 1.807) is 0 Å². The van der Waals surface area contributed by atoms with Gasteiger partial charge in [0.25, 0.3) is 10.0 Å².